The Morgan fingerprint density at radius 3 is 2.81 bits per heavy atom. The fourth-order valence-electron chi connectivity index (χ4n) is 1.72. The van der Waals surface area contributed by atoms with Gasteiger partial charge in [-0.05, 0) is 6.42 Å². The molecule has 1 fully saturated rings. The minimum atomic E-state index is -0.580. The van der Waals surface area contributed by atoms with Gasteiger partial charge in [0.1, 0.15) is 12.8 Å². The molecule has 0 saturated carbocycles. The lowest BCUT2D eigenvalue weighted by molar-refractivity contribution is -0.223. The lowest BCUT2D eigenvalue weighted by atomic mass is 10.1. The van der Waals surface area contributed by atoms with Gasteiger partial charge < -0.3 is 14.2 Å². The summed E-state index contributed by atoms with van der Waals surface area (Å²) in [5, 5.41) is 0. The number of halogens is 1. The van der Waals surface area contributed by atoms with Gasteiger partial charge in [-0.2, -0.15) is 0 Å². The molecule has 1 rings (SSSR count). The minimum Gasteiger partial charge on any atom is -0.462 e. The quantitative estimate of drug-likeness (QED) is 0.681. The SMILES string of the molecule is CCCOC1CC(OC(C)=O)CC(CF)O1. The molecule has 16 heavy (non-hydrogen) atoms. The monoisotopic (exact) mass is 234 g/mol. The van der Waals surface area contributed by atoms with Crippen LogP contribution in [0.5, 0.6) is 0 Å². The molecule has 0 amide bonds. The summed E-state index contributed by atoms with van der Waals surface area (Å²) < 4.78 is 28.4. The molecule has 1 aliphatic heterocycles. The van der Waals surface area contributed by atoms with Crippen molar-refractivity contribution >= 4 is 5.97 Å². The summed E-state index contributed by atoms with van der Waals surface area (Å²) in [4.78, 5) is 10.8. The number of hydrogen-bond acceptors (Lipinski definition) is 4. The number of alkyl halides is 1. The first-order chi connectivity index (χ1) is 7.65. The lowest BCUT2D eigenvalue weighted by Crippen LogP contribution is -2.40. The van der Waals surface area contributed by atoms with Gasteiger partial charge in [0.2, 0.25) is 0 Å². The summed E-state index contributed by atoms with van der Waals surface area (Å²) in [5.74, 6) is -0.348. The van der Waals surface area contributed by atoms with E-state index in [0.29, 0.717) is 19.4 Å². The second kappa shape index (κ2) is 6.81. The van der Waals surface area contributed by atoms with Crippen molar-refractivity contribution < 1.29 is 23.4 Å². The van der Waals surface area contributed by atoms with Crippen molar-refractivity contribution in [1.82, 2.24) is 0 Å². The van der Waals surface area contributed by atoms with E-state index < -0.39 is 19.1 Å². The fourth-order valence-corrected chi connectivity index (χ4v) is 1.72. The van der Waals surface area contributed by atoms with E-state index in [9.17, 15) is 9.18 Å². The molecule has 0 aliphatic carbocycles. The van der Waals surface area contributed by atoms with Gasteiger partial charge in [0.05, 0.1) is 6.10 Å². The Morgan fingerprint density at radius 1 is 1.50 bits per heavy atom. The fraction of sp³-hybridized carbons (Fsp3) is 0.909. The molecule has 94 valence electrons. The smallest absolute Gasteiger partial charge is 0.302 e. The maximum Gasteiger partial charge on any atom is 0.302 e. The predicted molar refractivity (Wildman–Crippen MR) is 55.7 cm³/mol. The summed E-state index contributed by atoms with van der Waals surface area (Å²) >= 11 is 0. The molecule has 0 aromatic rings. The van der Waals surface area contributed by atoms with Crippen molar-refractivity contribution in [2.45, 2.75) is 51.6 Å². The summed E-state index contributed by atoms with van der Waals surface area (Å²) in [6.07, 6.45) is 0.476. The summed E-state index contributed by atoms with van der Waals surface area (Å²) in [6, 6.07) is 0. The molecule has 0 spiro atoms. The second-order valence-corrected chi connectivity index (χ2v) is 3.92. The van der Waals surface area contributed by atoms with Crippen molar-refractivity contribution in [3.8, 4) is 0 Å². The topological polar surface area (TPSA) is 44.8 Å². The number of hydrogen-bond donors (Lipinski definition) is 0. The van der Waals surface area contributed by atoms with Gasteiger partial charge in [-0.3, -0.25) is 4.79 Å². The van der Waals surface area contributed by atoms with E-state index in [-0.39, 0.29) is 12.1 Å². The van der Waals surface area contributed by atoms with E-state index in [1.807, 2.05) is 6.92 Å². The average Bonchev–Trinajstić information content (AvgIpc) is 2.25. The van der Waals surface area contributed by atoms with Crippen molar-refractivity contribution in [1.29, 1.82) is 0 Å². The van der Waals surface area contributed by atoms with Crippen LogP contribution in [0.15, 0.2) is 0 Å². The maximum absolute atomic E-state index is 12.6. The summed E-state index contributed by atoms with van der Waals surface area (Å²) in [5.41, 5.74) is 0. The first kappa shape index (κ1) is 13.4. The highest BCUT2D eigenvalue weighted by atomic mass is 19.1. The molecule has 0 N–H and O–H groups in total. The molecule has 3 unspecified atom stereocenters. The van der Waals surface area contributed by atoms with Gasteiger partial charge in [-0.15, -0.1) is 0 Å². The van der Waals surface area contributed by atoms with Crippen LogP contribution in [0.1, 0.15) is 33.1 Å². The molecule has 0 aromatic heterocycles. The maximum atomic E-state index is 12.6. The van der Waals surface area contributed by atoms with Crippen LogP contribution in [0.2, 0.25) is 0 Å². The van der Waals surface area contributed by atoms with E-state index in [4.69, 9.17) is 14.2 Å². The zero-order valence-corrected chi connectivity index (χ0v) is 9.78. The van der Waals surface area contributed by atoms with Crippen LogP contribution in [0.3, 0.4) is 0 Å². The highest BCUT2D eigenvalue weighted by Crippen LogP contribution is 2.23. The van der Waals surface area contributed by atoms with Gasteiger partial charge in [0, 0.05) is 26.4 Å². The number of carbonyl (C=O) groups excluding carboxylic acids is 1. The molecule has 1 aliphatic rings. The van der Waals surface area contributed by atoms with Gasteiger partial charge in [-0.25, -0.2) is 4.39 Å². The molecule has 3 atom stereocenters. The zero-order chi connectivity index (χ0) is 12.0. The van der Waals surface area contributed by atoms with Crippen LogP contribution in [0.25, 0.3) is 0 Å². The van der Waals surface area contributed by atoms with Crippen LogP contribution in [0, 0.1) is 0 Å². The highest BCUT2D eigenvalue weighted by molar-refractivity contribution is 5.66. The van der Waals surface area contributed by atoms with Gasteiger partial charge in [0.25, 0.3) is 0 Å². The molecule has 0 aromatic carbocycles. The Morgan fingerprint density at radius 2 is 2.25 bits per heavy atom. The van der Waals surface area contributed by atoms with Gasteiger partial charge in [0.15, 0.2) is 6.29 Å². The number of esters is 1. The Labute approximate surface area is 95.1 Å². The first-order valence-electron chi connectivity index (χ1n) is 5.66. The molecule has 0 bridgehead atoms. The Hall–Kier alpha value is -0.680. The summed E-state index contributed by atoms with van der Waals surface area (Å²) in [6.45, 7) is 3.32. The number of carbonyl (C=O) groups is 1. The van der Waals surface area contributed by atoms with Crippen LogP contribution in [0.4, 0.5) is 4.39 Å². The van der Waals surface area contributed by atoms with Crippen LogP contribution < -0.4 is 0 Å². The Kier molecular flexibility index (Phi) is 5.69. The predicted octanol–water partition coefficient (Wildman–Crippen LogP) is 1.82. The lowest BCUT2D eigenvalue weighted by Gasteiger charge is -2.33. The van der Waals surface area contributed by atoms with Crippen LogP contribution >= 0.6 is 0 Å². The van der Waals surface area contributed by atoms with Crippen molar-refractivity contribution in [2.75, 3.05) is 13.3 Å². The van der Waals surface area contributed by atoms with Crippen molar-refractivity contribution in [3.63, 3.8) is 0 Å². The molecule has 5 heteroatoms. The van der Waals surface area contributed by atoms with Crippen LogP contribution in [-0.2, 0) is 19.0 Å². The standard InChI is InChI=1S/C11H19FO4/c1-3-4-14-11-6-9(15-8(2)13)5-10(7-12)16-11/h9-11H,3-7H2,1-2H3. The largest absolute Gasteiger partial charge is 0.462 e. The number of rotatable bonds is 5. The third-order valence-corrected chi connectivity index (χ3v) is 2.34. The normalized spacial score (nSPS) is 30.1. The molecule has 4 nitrogen and oxygen atoms in total. The van der Waals surface area contributed by atoms with E-state index >= 15 is 0 Å². The van der Waals surface area contributed by atoms with Crippen LogP contribution in [-0.4, -0.2) is 37.7 Å². The highest BCUT2D eigenvalue weighted by Gasteiger charge is 2.31. The zero-order valence-electron chi connectivity index (χ0n) is 9.78. The molecular weight excluding hydrogens is 215 g/mol. The third kappa shape index (κ3) is 4.45. The summed E-state index contributed by atoms with van der Waals surface area (Å²) in [7, 11) is 0. The van der Waals surface area contributed by atoms with E-state index in [0.717, 1.165) is 6.42 Å². The first-order valence-corrected chi connectivity index (χ1v) is 5.66. The average molecular weight is 234 g/mol. The Balaban J connectivity index is 2.43. The molecule has 1 saturated heterocycles. The third-order valence-electron chi connectivity index (χ3n) is 2.34. The second-order valence-electron chi connectivity index (χ2n) is 3.92. The van der Waals surface area contributed by atoms with E-state index in [1.54, 1.807) is 0 Å². The molecule has 1 heterocycles. The van der Waals surface area contributed by atoms with Crippen molar-refractivity contribution in [3.05, 3.63) is 0 Å². The van der Waals surface area contributed by atoms with E-state index in [2.05, 4.69) is 0 Å². The molecule has 0 radical (unpaired) electrons. The number of ether oxygens (including phenoxy) is 3. The van der Waals surface area contributed by atoms with Crippen molar-refractivity contribution in [2.24, 2.45) is 0 Å². The Bertz CT molecular complexity index is 222. The molecular formula is C11H19FO4. The van der Waals surface area contributed by atoms with Gasteiger partial charge >= 0.3 is 5.97 Å². The minimum absolute atomic E-state index is 0.297. The van der Waals surface area contributed by atoms with Gasteiger partial charge in [-0.1, -0.05) is 6.92 Å². The van der Waals surface area contributed by atoms with E-state index in [1.165, 1.54) is 6.92 Å².